The topological polar surface area (TPSA) is 104 Å². The maximum Gasteiger partial charge on any atom is 0.328 e. The Morgan fingerprint density at radius 2 is 1.72 bits per heavy atom. The number of rotatable bonds is 6. The third kappa shape index (κ3) is 5.33. The van der Waals surface area contributed by atoms with Crippen molar-refractivity contribution in [1.82, 2.24) is 0 Å². The molecule has 2 aromatic rings. The Kier molecular flexibility index (Phi) is 6.50. The van der Waals surface area contributed by atoms with Gasteiger partial charge in [0, 0.05) is 33.6 Å². The maximum atomic E-state index is 12.7. The smallest absolute Gasteiger partial charge is 0.328 e. The molecular formula is C20H15BrN2O5S. The number of thioether (sulfide) groups is 1. The quantitative estimate of drug-likeness (QED) is 0.490. The van der Waals surface area contributed by atoms with Crippen molar-refractivity contribution in [2.45, 2.75) is 16.6 Å². The number of carboxylic acid groups (broad SMARTS) is 1. The fourth-order valence-electron chi connectivity index (χ4n) is 2.67. The number of benzene rings is 2. The maximum absolute atomic E-state index is 12.7. The molecule has 0 aliphatic carbocycles. The number of anilines is 2. The first-order chi connectivity index (χ1) is 13.8. The predicted octanol–water partition coefficient (Wildman–Crippen LogP) is 3.45. The van der Waals surface area contributed by atoms with Crippen LogP contribution in [0.1, 0.15) is 6.42 Å². The molecule has 9 heteroatoms. The van der Waals surface area contributed by atoms with E-state index in [0.717, 1.165) is 21.5 Å². The molecule has 3 amide bonds. The van der Waals surface area contributed by atoms with Crippen LogP contribution in [0, 0.1) is 0 Å². The number of aliphatic carboxylic acids is 1. The van der Waals surface area contributed by atoms with Crippen LogP contribution < -0.4 is 10.2 Å². The van der Waals surface area contributed by atoms with Crippen LogP contribution in [0.4, 0.5) is 11.4 Å². The van der Waals surface area contributed by atoms with Crippen LogP contribution in [0.15, 0.2) is 70.1 Å². The summed E-state index contributed by atoms with van der Waals surface area (Å²) in [7, 11) is 0. The Morgan fingerprint density at radius 3 is 2.34 bits per heavy atom. The molecule has 3 rings (SSSR count). The number of nitrogens with one attached hydrogen (secondary N) is 1. The van der Waals surface area contributed by atoms with Crippen molar-refractivity contribution in [2.24, 2.45) is 0 Å². The van der Waals surface area contributed by atoms with Gasteiger partial charge in [-0.25, -0.2) is 9.69 Å². The molecule has 1 saturated heterocycles. The number of imide groups is 1. The Bertz CT molecular complexity index is 989. The number of carboxylic acids is 1. The van der Waals surface area contributed by atoms with Crippen molar-refractivity contribution >= 4 is 62.8 Å². The zero-order chi connectivity index (χ0) is 21.0. The van der Waals surface area contributed by atoms with Crippen LogP contribution in [-0.4, -0.2) is 34.0 Å². The standard InChI is InChI=1S/C20H15BrN2O5S/c21-12-1-5-14(6-2-12)23-18(25)11-16(20(23)28)29-15-7-3-13(4-8-15)22-17(24)9-10-19(26)27/h1-10,16H,11H2,(H,22,24)(H,26,27). The van der Waals surface area contributed by atoms with Crippen molar-refractivity contribution in [2.75, 3.05) is 10.2 Å². The van der Waals surface area contributed by atoms with Crippen LogP contribution >= 0.6 is 27.7 Å². The summed E-state index contributed by atoms with van der Waals surface area (Å²) in [5.41, 5.74) is 1.03. The van der Waals surface area contributed by atoms with E-state index in [1.165, 1.54) is 16.7 Å². The predicted molar refractivity (Wildman–Crippen MR) is 113 cm³/mol. The van der Waals surface area contributed by atoms with Crippen molar-refractivity contribution in [1.29, 1.82) is 0 Å². The van der Waals surface area contributed by atoms with Gasteiger partial charge in [0.05, 0.1) is 10.9 Å². The summed E-state index contributed by atoms with van der Waals surface area (Å²) in [5.74, 6) is -2.28. The molecule has 0 spiro atoms. The summed E-state index contributed by atoms with van der Waals surface area (Å²) in [6, 6.07) is 13.7. The Hall–Kier alpha value is -2.91. The molecule has 148 valence electrons. The third-order valence-electron chi connectivity index (χ3n) is 3.97. The van der Waals surface area contributed by atoms with E-state index < -0.39 is 17.1 Å². The highest BCUT2D eigenvalue weighted by Gasteiger charge is 2.40. The van der Waals surface area contributed by atoms with Crippen molar-refractivity contribution in [3.63, 3.8) is 0 Å². The average Bonchev–Trinajstić information content (AvgIpc) is 2.96. The Morgan fingerprint density at radius 1 is 1.07 bits per heavy atom. The van der Waals surface area contributed by atoms with Gasteiger partial charge in [0.2, 0.25) is 17.7 Å². The lowest BCUT2D eigenvalue weighted by atomic mass is 10.3. The van der Waals surface area contributed by atoms with Gasteiger partial charge in [-0.1, -0.05) is 15.9 Å². The molecule has 1 heterocycles. The number of nitrogens with zero attached hydrogens (tertiary/aromatic N) is 1. The molecule has 7 nitrogen and oxygen atoms in total. The van der Waals surface area contributed by atoms with E-state index >= 15 is 0 Å². The summed E-state index contributed by atoms with van der Waals surface area (Å²) in [4.78, 5) is 49.0. The largest absolute Gasteiger partial charge is 0.478 e. The molecule has 0 aromatic heterocycles. The lowest BCUT2D eigenvalue weighted by Crippen LogP contribution is -2.31. The van der Waals surface area contributed by atoms with Gasteiger partial charge in [-0.05, 0) is 48.5 Å². The molecule has 2 N–H and O–H groups in total. The molecule has 0 saturated carbocycles. The van der Waals surface area contributed by atoms with Crippen molar-refractivity contribution in [3.05, 3.63) is 65.2 Å². The van der Waals surface area contributed by atoms with Gasteiger partial charge >= 0.3 is 5.97 Å². The normalized spacial score (nSPS) is 16.4. The SMILES string of the molecule is O=C(O)C=CC(=O)Nc1ccc(SC2CC(=O)N(c3ccc(Br)cc3)C2=O)cc1. The second-order valence-electron chi connectivity index (χ2n) is 6.04. The van der Waals surface area contributed by atoms with Crippen LogP contribution in [0.25, 0.3) is 0 Å². The number of hydrogen-bond donors (Lipinski definition) is 2. The Labute approximate surface area is 178 Å². The lowest BCUT2D eigenvalue weighted by Gasteiger charge is -2.15. The molecule has 2 aromatic carbocycles. The molecular weight excluding hydrogens is 460 g/mol. The minimum atomic E-state index is -1.21. The van der Waals surface area contributed by atoms with Gasteiger partial charge in [0.1, 0.15) is 0 Å². The highest BCUT2D eigenvalue weighted by Crippen LogP contribution is 2.34. The van der Waals surface area contributed by atoms with Gasteiger partial charge in [0.25, 0.3) is 0 Å². The van der Waals surface area contributed by atoms with Gasteiger partial charge in [-0.2, -0.15) is 0 Å². The van der Waals surface area contributed by atoms with E-state index in [1.807, 2.05) is 0 Å². The molecule has 1 aliphatic rings. The van der Waals surface area contributed by atoms with Gasteiger partial charge in [-0.3, -0.25) is 14.4 Å². The summed E-state index contributed by atoms with van der Waals surface area (Å²) in [6.07, 6.45) is 1.78. The molecule has 1 atom stereocenters. The third-order valence-corrected chi connectivity index (χ3v) is 5.69. The van der Waals surface area contributed by atoms with E-state index in [-0.39, 0.29) is 18.2 Å². The van der Waals surface area contributed by atoms with E-state index in [2.05, 4.69) is 21.2 Å². The van der Waals surface area contributed by atoms with Gasteiger partial charge in [0.15, 0.2) is 0 Å². The second-order valence-corrected chi connectivity index (χ2v) is 8.23. The number of carbonyl (C=O) groups excluding carboxylic acids is 3. The zero-order valence-corrected chi connectivity index (χ0v) is 17.3. The highest BCUT2D eigenvalue weighted by atomic mass is 79.9. The molecule has 1 aliphatic heterocycles. The van der Waals surface area contributed by atoms with E-state index in [9.17, 15) is 19.2 Å². The fraction of sp³-hybridized carbons (Fsp3) is 0.100. The van der Waals surface area contributed by atoms with Crippen molar-refractivity contribution < 1.29 is 24.3 Å². The molecule has 29 heavy (non-hydrogen) atoms. The van der Waals surface area contributed by atoms with Crippen LogP contribution in [-0.2, 0) is 19.2 Å². The van der Waals surface area contributed by atoms with Crippen LogP contribution in [0.2, 0.25) is 0 Å². The minimum Gasteiger partial charge on any atom is -0.478 e. The number of hydrogen-bond acceptors (Lipinski definition) is 5. The summed E-state index contributed by atoms with van der Waals surface area (Å²) < 4.78 is 0.858. The van der Waals surface area contributed by atoms with Crippen LogP contribution in [0.3, 0.4) is 0 Å². The summed E-state index contributed by atoms with van der Waals surface area (Å²) in [5, 5.41) is 10.5. The minimum absolute atomic E-state index is 0.109. The molecule has 0 radical (unpaired) electrons. The fourth-order valence-corrected chi connectivity index (χ4v) is 3.99. The van der Waals surface area contributed by atoms with E-state index in [1.54, 1.807) is 48.5 Å². The summed E-state index contributed by atoms with van der Waals surface area (Å²) in [6.45, 7) is 0. The second kappa shape index (κ2) is 9.06. The summed E-state index contributed by atoms with van der Waals surface area (Å²) >= 11 is 4.61. The van der Waals surface area contributed by atoms with E-state index in [4.69, 9.17) is 5.11 Å². The van der Waals surface area contributed by atoms with Crippen LogP contribution in [0.5, 0.6) is 0 Å². The zero-order valence-electron chi connectivity index (χ0n) is 14.9. The number of carbonyl (C=O) groups is 4. The van der Waals surface area contributed by atoms with E-state index in [0.29, 0.717) is 11.4 Å². The highest BCUT2D eigenvalue weighted by molar-refractivity contribution is 9.10. The van der Waals surface area contributed by atoms with Gasteiger partial charge in [-0.15, -0.1) is 11.8 Å². The molecule has 1 fully saturated rings. The number of halogens is 1. The van der Waals surface area contributed by atoms with Gasteiger partial charge < -0.3 is 10.4 Å². The van der Waals surface area contributed by atoms with Crippen molar-refractivity contribution in [3.8, 4) is 0 Å². The lowest BCUT2D eigenvalue weighted by molar-refractivity contribution is -0.131. The molecule has 0 bridgehead atoms. The monoisotopic (exact) mass is 474 g/mol. The number of amides is 3. The first kappa shape index (κ1) is 20.8. The first-order valence-corrected chi connectivity index (χ1v) is 10.1. The average molecular weight is 475 g/mol. The molecule has 1 unspecified atom stereocenters. The first-order valence-electron chi connectivity index (χ1n) is 8.44. The Balaban J connectivity index is 1.64.